The lowest BCUT2D eigenvalue weighted by Crippen LogP contribution is -2.13. The van der Waals surface area contributed by atoms with Crippen molar-refractivity contribution in [3.8, 4) is 17.2 Å². The van der Waals surface area contributed by atoms with Crippen molar-refractivity contribution in [1.82, 2.24) is 9.78 Å². The fourth-order valence-corrected chi connectivity index (χ4v) is 1.36. The molecular formula is C10H10N2O3. The second-order valence-corrected chi connectivity index (χ2v) is 3.29. The summed E-state index contributed by atoms with van der Waals surface area (Å²) in [6.07, 6.45) is 0. The lowest BCUT2D eigenvalue weighted by molar-refractivity contribution is 0.403. The van der Waals surface area contributed by atoms with Crippen molar-refractivity contribution in [2.45, 2.75) is 6.92 Å². The summed E-state index contributed by atoms with van der Waals surface area (Å²) in [4.78, 5) is 11.4. The number of rotatable bonds is 1. The van der Waals surface area contributed by atoms with E-state index in [-0.39, 0.29) is 17.1 Å². The van der Waals surface area contributed by atoms with Crippen LogP contribution in [0.3, 0.4) is 0 Å². The average Bonchev–Trinajstić information content (AvgIpc) is 2.50. The molecule has 0 radical (unpaired) electrons. The van der Waals surface area contributed by atoms with Crippen molar-refractivity contribution in [2.75, 3.05) is 0 Å². The normalized spacial score (nSPS) is 10.5. The molecule has 5 heteroatoms. The largest absolute Gasteiger partial charge is 0.504 e. The third-order valence-electron chi connectivity index (χ3n) is 2.07. The first-order chi connectivity index (χ1) is 7.08. The van der Waals surface area contributed by atoms with Gasteiger partial charge in [-0.3, -0.25) is 9.89 Å². The summed E-state index contributed by atoms with van der Waals surface area (Å²) >= 11 is 0. The highest BCUT2D eigenvalue weighted by Gasteiger charge is 2.05. The van der Waals surface area contributed by atoms with E-state index in [4.69, 9.17) is 5.11 Å². The lowest BCUT2D eigenvalue weighted by atomic mass is 10.3. The minimum Gasteiger partial charge on any atom is -0.504 e. The Morgan fingerprint density at radius 3 is 2.47 bits per heavy atom. The Morgan fingerprint density at radius 2 is 1.93 bits per heavy atom. The van der Waals surface area contributed by atoms with Crippen molar-refractivity contribution in [3.05, 3.63) is 40.3 Å². The van der Waals surface area contributed by atoms with Gasteiger partial charge in [0.05, 0.1) is 5.69 Å². The van der Waals surface area contributed by atoms with E-state index in [1.807, 2.05) is 0 Å². The number of phenolic OH excluding ortho intramolecular Hbond substituents is 2. The Balaban J connectivity index is 2.59. The van der Waals surface area contributed by atoms with Crippen LogP contribution in [0.1, 0.15) is 5.69 Å². The highest BCUT2D eigenvalue weighted by atomic mass is 16.3. The van der Waals surface area contributed by atoms with Crippen molar-refractivity contribution < 1.29 is 10.2 Å². The molecular weight excluding hydrogens is 196 g/mol. The molecule has 0 saturated carbocycles. The maximum absolute atomic E-state index is 11.4. The van der Waals surface area contributed by atoms with Crippen LogP contribution in [0.2, 0.25) is 0 Å². The Labute approximate surface area is 85.2 Å². The Kier molecular flexibility index (Phi) is 2.00. The average molecular weight is 206 g/mol. The minimum absolute atomic E-state index is 0.211. The predicted molar refractivity (Wildman–Crippen MR) is 54.5 cm³/mol. The number of hydrogen-bond acceptors (Lipinski definition) is 3. The topological polar surface area (TPSA) is 78.2 Å². The summed E-state index contributed by atoms with van der Waals surface area (Å²) in [6.45, 7) is 1.76. The number of nitrogens with one attached hydrogen (secondary N) is 1. The summed E-state index contributed by atoms with van der Waals surface area (Å²) in [5, 5.41) is 21.2. The molecule has 1 heterocycles. The van der Waals surface area contributed by atoms with Crippen molar-refractivity contribution in [3.63, 3.8) is 0 Å². The van der Waals surface area contributed by atoms with Crippen molar-refractivity contribution in [1.29, 1.82) is 0 Å². The third-order valence-corrected chi connectivity index (χ3v) is 2.07. The number of aromatic amines is 1. The molecule has 1 aromatic carbocycles. The fraction of sp³-hybridized carbons (Fsp3) is 0.100. The first kappa shape index (κ1) is 9.39. The van der Waals surface area contributed by atoms with Crippen LogP contribution in [0.15, 0.2) is 29.1 Å². The van der Waals surface area contributed by atoms with Gasteiger partial charge in [-0.1, -0.05) is 0 Å². The second kappa shape index (κ2) is 3.20. The van der Waals surface area contributed by atoms with Gasteiger partial charge in [0, 0.05) is 17.8 Å². The van der Waals surface area contributed by atoms with Gasteiger partial charge in [0.15, 0.2) is 11.5 Å². The predicted octanol–water partition coefficient (Wildman–Crippen LogP) is 0.885. The molecule has 3 N–H and O–H groups in total. The first-order valence-electron chi connectivity index (χ1n) is 4.39. The maximum atomic E-state index is 11.4. The molecule has 0 saturated heterocycles. The van der Waals surface area contributed by atoms with Crippen LogP contribution in [0.5, 0.6) is 11.5 Å². The van der Waals surface area contributed by atoms with E-state index in [0.717, 1.165) is 5.69 Å². The minimum atomic E-state index is -0.258. The van der Waals surface area contributed by atoms with Crippen LogP contribution in [0.25, 0.3) is 5.69 Å². The molecule has 2 aromatic rings. The van der Waals surface area contributed by atoms with Crippen LogP contribution in [-0.2, 0) is 0 Å². The first-order valence-corrected chi connectivity index (χ1v) is 4.39. The van der Waals surface area contributed by atoms with E-state index in [0.29, 0.717) is 5.69 Å². The van der Waals surface area contributed by atoms with Gasteiger partial charge in [0.25, 0.3) is 5.56 Å². The van der Waals surface area contributed by atoms with Crippen LogP contribution < -0.4 is 5.56 Å². The molecule has 0 unspecified atom stereocenters. The molecule has 0 aliphatic carbocycles. The monoisotopic (exact) mass is 206 g/mol. The zero-order valence-corrected chi connectivity index (χ0v) is 8.06. The van der Waals surface area contributed by atoms with Gasteiger partial charge in [-0.05, 0) is 19.1 Å². The van der Waals surface area contributed by atoms with E-state index in [1.165, 1.54) is 28.9 Å². The molecule has 0 spiro atoms. The molecule has 0 atom stereocenters. The highest BCUT2D eigenvalue weighted by molar-refractivity contribution is 5.46. The molecule has 78 valence electrons. The number of H-pyrrole nitrogens is 1. The molecule has 5 nitrogen and oxygen atoms in total. The molecule has 15 heavy (non-hydrogen) atoms. The number of aromatic nitrogens is 2. The lowest BCUT2D eigenvalue weighted by Gasteiger charge is -2.03. The van der Waals surface area contributed by atoms with E-state index < -0.39 is 0 Å². The van der Waals surface area contributed by atoms with Gasteiger partial charge < -0.3 is 10.2 Å². The maximum Gasteiger partial charge on any atom is 0.271 e. The molecule has 0 amide bonds. The Bertz CT molecular complexity index is 554. The van der Waals surface area contributed by atoms with E-state index >= 15 is 0 Å². The third kappa shape index (κ3) is 1.59. The van der Waals surface area contributed by atoms with Crippen LogP contribution in [0, 0.1) is 6.92 Å². The van der Waals surface area contributed by atoms with E-state index in [1.54, 1.807) is 6.92 Å². The standard InChI is InChI=1S/C10H10N2O3/c1-6-4-10(15)12(11-6)7-2-3-8(13)9(14)5-7/h2-5,11,13-14H,1H3. The van der Waals surface area contributed by atoms with E-state index in [2.05, 4.69) is 5.10 Å². The zero-order chi connectivity index (χ0) is 11.0. The van der Waals surface area contributed by atoms with Crippen LogP contribution in [-0.4, -0.2) is 20.0 Å². The van der Waals surface area contributed by atoms with Crippen LogP contribution in [0.4, 0.5) is 0 Å². The Hall–Kier alpha value is -2.17. The number of aromatic hydroxyl groups is 2. The highest BCUT2D eigenvalue weighted by Crippen LogP contribution is 2.25. The zero-order valence-electron chi connectivity index (χ0n) is 8.06. The summed E-state index contributed by atoms with van der Waals surface area (Å²) in [5.74, 6) is -0.471. The summed E-state index contributed by atoms with van der Waals surface area (Å²) < 4.78 is 1.29. The SMILES string of the molecule is Cc1cc(=O)n(-c2ccc(O)c(O)c2)[nH]1. The van der Waals surface area contributed by atoms with Gasteiger partial charge >= 0.3 is 0 Å². The number of hydrogen-bond donors (Lipinski definition) is 3. The van der Waals surface area contributed by atoms with Crippen molar-refractivity contribution >= 4 is 0 Å². The number of phenols is 2. The molecule has 2 rings (SSSR count). The Morgan fingerprint density at radius 1 is 1.20 bits per heavy atom. The summed E-state index contributed by atoms with van der Waals surface area (Å²) in [7, 11) is 0. The smallest absolute Gasteiger partial charge is 0.271 e. The number of aryl methyl sites for hydroxylation is 1. The van der Waals surface area contributed by atoms with Gasteiger partial charge in [-0.15, -0.1) is 0 Å². The molecule has 1 aromatic heterocycles. The molecule has 0 aliphatic heterocycles. The fourth-order valence-electron chi connectivity index (χ4n) is 1.36. The van der Waals surface area contributed by atoms with Gasteiger partial charge in [0.2, 0.25) is 0 Å². The summed E-state index contributed by atoms with van der Waals surface area (Å²) in [6, 6.07) is 5.62. The molecule has 0 bridgehead atoms. The van der Waals surface area contributed by atoms with Gasteiger partial charge in [-0.25, -0.2) is 4.68 Å². The number of benzene rings is 1. The number of nitrogens with zero attached hydrogens (tertiary/aromatic N) is 1. The summed E-state index contributed by atoms with van der Waals surface area (Å²) in [5.41, 5.74) is 0.994. The quantitative estimate of drug-likeness (QED) is 0.606. The molecule has 0 aliphatic rings. The van der Waals surface area contributed by atoms with E-state index in [9.17, 15) is 9.90 Å². The van der Waals surface area contributed by atoms with Gasteiger partial charge in [-0.2, -0.15) is 0 Å². The van der Waals surface area contributed by atoms with Gasteiger partial charge in [0.1, 0.15) is 0 Å². The van der Waals surface area contributed by atoms with Crippen LogP contribution >= 0.6 is 0 Å². The second-order valence-electron chi connectivity index (χ2n) is 3.29. The van der Waals surface area contributed by atoms with Crippen molar-refractivity contribution in [2.24, 2.45) is 0 Å². The molecule has 0 fully saturated rings.